The largest absolute Gasteiger partial charge is 0.444 e. The van der Waals surface area contributed by atoms with E-state index in [2.05, 4.69) is 5.32 Å². The third-order valence-corrected chi connectivity index (χ3v) is 4.08. The van der Waals surface area contributed by atoms with Crippen molar-refractivity contribution in [2.45, 2.75) is 45.3 Å². The van der Waals surface area contributed by atoms with Gasteiger partial charge in [-0.2, -0.15) is 0 Å². The molecule has 2 rings (SSSR count). The highest BCUT2D eigenvalue weighted by atomic mass is 32.2. The van der Waals surface area contributed by atoms with Crippen LogP contribution in [0.25, 0.3) is 0 Å². The number of imide groups is 1. The summed E-state index contributed by atoms with van der Waals surface area (Å²) in [6.07, 6.45) is 2.56. The van der Waals surface area contributed by atoms with Crippen LogP contribution in [0.4, 0.5) is 9.59 Å². The van der Waals surface area contributed by atoms with Gasteiger partial charge in [0.05, 0.1) is 6.54 Å². The van der Waals surface area contributed by atoms with Gasteiger partial charge in [-0.25, -0.2) is 9.59 Å². The quantitative estimate of drug-likeness (QED) is 0.746. The minimum Gasteiger partial charge on any atom is -0.444 e. The Kier molecular flexibility index (Phi) is 5.00. The Balaban J connectivity index is 1.93. The molecule has 22 heavy (non-hydrogen) atoms. The minimum absolute atomic E-state index is 0.458. The van der Waals surface area contributed by atoms with Gasteiger partial charge < -0.3 is 4.74 Å². The average Bonchev–Trinajstić information content (AvgIpc) is 3.08. The molecular weight excluding hydrogens is 306 g/mol. The van der Waals surface area contributed by atoms with Crippen LogP contribution >= 0.6 is 11.9 Å². The predicted octanol–water partition coefficient (Wildman–Crippen LogP) is 2.10. The molecule has 2 aliphatic rings. The standard InChI is InChI=1S/C14H21N3O4S/c1-14(2,3)21-13(20)16-7-4-6-10(16)11(18)15-12(19)17-8-5-9-22-17/h5,9-10H,4,6-8H2,1-3H3,(H,15,18,19)/t10-/m0/s1. The highest BCUT2D eigenvalue weighted by molar-refractivity contribution is 8.00. The van der Waals surface area contributed by atoms with E-state index in [-0.39, 0.29) is 0 Å². The SMILES string of the molecule is CC(C)(C)OC(=O)N1CCC[C@H]1C(=O)NC(=O)N1CC=CS1. The zero-order valence-electron chi connectivity index (χ0n) is 13.0. The zero-order valence-corrected chi connectivity index (χ0v) is 13.8. The lowest BCUT2D eigenvalue weighted by molar-refractivity contribution is -0.124. The Labute approximate surface area is 134 Å². The third kappa shape index (κ3) is 4.16. The van der Waals surface area contributed by atoms with Crippen LogP contribution in [0.5, 0.6) is 0 Å². The summed E-state index contributed by atoms with van der Waals surface area (Å²) in [7, 11) is 0. The number of nitrogens with zero attached hydrogens (tertiary/aromatic N) is 2. The summed E-state index contributed by atoms with van der Waals surface area (Å²) in [5.74, 6) is -0.458. The molecule has 0 radical (unpaired) electrons. The summed E-state index contributed by atoms with van der Waals surface area (Å²) in [6.45, 7) is 6.25. The van der Waals surface area contributed by atoms with E-state index >= 15 is 0 Å². The summed E-state index contributed by atoms with van der Waals surface area (Å²) in [5.41, 5.74) is -0.617. The second-order valence-electron chi connectivity index (χ2n) is 6.16. The number of hydrogen-bond acceptors (Lipinski definition) is 5. The van der Waals surface area contributed by atoms with Crippen LogP contribution in [-0.2, 0) is 9.53 Å². The topological polar surface area (TPSA) is 79.0 Å². The Morgan fingerprint density at radius 2 is 2.05 bits per heavy atom. The number of hydrogen-bond donors (Lipinski definition) is 1. The van der Waals surface area contributed by atoms with E-state index in [9.17, 15) is 14.4 Å². The molecule has 2 heterocycles. The number of nitrogens with one attached hydrogen (secondary N) is 1. The van der Waals surface area contributed by atoms with Gasteiger partial charge in [-0.05, 0) is 51.0 Å². The first-order valence-corrected chi connectivity index (χ1v) is 8.05. The van der Waals surface area contributed by atoms with Crippen LogP contribution in [0.15, 0.2) is 11.5 Å². The fraction of sp³-hybridized carbons (Fsp3) is 0.643. The van der Waals surface area contributed by atoms with Crippen molar-refractivity contribution in [3.05, 3.63) is 11.5 Å². The van der Waals surface area contributed by atoms with Crippen molar-refractivity contribution in [3.8, 4) is 0 Å². The number of ether oxygens (including phenoxy) is 1. The van der Waals surface area contributed by atoms with Crippen molar-refractivity contribution in [2.24, 2.45) is 0 Å². The molecule has 1 atom stereocenters. The summed E-state index contributed by atoms with van der Waals surface area (Å²) >= 11 is 1.23. The van der Waals surface area contributed by atoms with Crippen molar-refractivity contribution in [3.63, 3.8) is 0 Å². The molecule has 122 valence electrons. The van der Waals surface area contributed by atoms with Gasteiger partial charge in [0.15, 0.2) is 0 Å². The van der Waals surface area contributed by atoms with Crippen molar-refractivity contribution < 1.29 is 19.1 Å². The van der Waals surface area contributed by atoms with Gasteiger partial charge in [-0.15, -0.1) is 0 Å². The van der Waals surface area contributed by atoms with Crippen LogP contribution in [0.2, 0.25) is 0 Å². The lowest BCUT2D eigenvalue weighted by atomic mass is 10.2. The first-order chi connectivity index (χ1) is 10.3. The lowest BCUT2D eigenvalue weighted by Crippen LogP contribution is -2.50. The van der Waals surface area contributed by atoms with Gasteiger partial charge in [-0.3, -0.25) is 19.3 Å². The number of carbonyl (C=O) groups excluding carboxylic acids is 3. The molecule has 1 saturated heterocycles. The number of amides is 4. The van der Waals surface area contributed by atoms with Crippen molar-refractivity contribution in [1.82, 2.24) is 14.5 Å². The molecule has 0 aromatic heterocycles. The molecule has 0 aromatic carbocycles. The molecule has 2 aliphatic heterocycles. The molecule has 0 spiro atoms. The molecule has 0 bridgehead atoms. The first kappa shape index (κ1) is 16.7. The monoisotopic (exact) mass is 327 g/mol. The first-order valence-electron chi connectivity index (χ1n) is 7.22. The second-order valence-corrected chi connectivity index (χ2v) is 7.09. The van der Waals surface area contributed by atoms with E-state index < -0.39 is 29.7 Å². The molecule has 0 aromatic rings. The van der Waals surface area contributed by atoms with Gasteiger partial charge in [0.2, 0.25) is 0 Å². The van der Waals surface area contributed by atoms with Crippen LogP contribution in [0.3, 0.4) is 0 Å². The van der Waals surface area contributed by atoms with E-state index in [1.165, 1.54) is 21.2 Å². The van der Waals surface area contributed by atoms with Gasteiger partial charge in [-0.1, -0.05) is 6.08 Å². The third-order valence-electron chi connectivity index (χ3n) is 3.20. The number of carbonyl (C=O) groups is 3. The maximum Gasteiger partial charge on any atom is 0.410 e. The Hall–Kier alpha value is -1.70. The van der Waals surface area contributed by atoms with Gasteiger partial charge in [0.25, 0.3) is 5.91 Å². The summed E-state index contributed by atoms with van der Waals surface area (Å²) < 4.78 is 6.74. The van der Waals surface area contributed by atoms with Crippen LogP contribution < -0.4 is 5.32 Å². The summed E-state index contributed by atoms with van der Waals surface area (Å²) in [5, 5.41) is 4.13. The van der Waals surface area contributed by atoms with E-state index in [1.807, 2.05) is 6.08 Å². The van der Waals surface area contributed by atoms with Crippen LogP contribution in [0, 0.1) is 0 Å². The molecule has 1 fully saturated rings. The molecular formula is C14H21N3O4S. The Bertz CT molecular complexity index is 493. The smallest absolute Gasteiger partial charge is 0.410 e. The van der Waals surface area contributed by atoms with E-state index in [0.717, 1.165) is 0 Å². The van der Waals surface area contributed by atoms with Crippen molar-refractivity contribution in [1.29, 1.82) is 0 Å². The number of urea groups is 1. The summed E-state index contributed by atoms with van der Waals surface area (Å²) in [4.78, 5) is 37.7. The highest BCUT2D eigenvalue weighted by Gasteiger charge is 2.37. The van der Waals surface area contributed by atoms with Crippen LogP contribution in [-0.4, -0.2) is 52.0 Å². The highest BCUT2D eigenvalue weighted by Crippen LogP contribution is 2.22. The van der Waals surface area contributed by atoms with Gasteiger partial charge in [0, 0.05) is 6.54 Å². The van der Waals surface area contributed by atoms with Crippen molar-refractivity contribution in [2.75, 3.05) is 13.1 Å². The molecule has 0 aliphatic carbocycles. The van der Waals surface area contributed by atoms with E-state index in [4.69, 9.17) is 4.74 Å². The zero-order chi connectivity index (χ0) is 16.3. The Morgan fingerprint density at radius 1 is 1.32 bits per heavy atom. The fourth-order valence-corrected chi connectivity index (χ4v) is 2.89. The van der Waals surface area contributed by atoms with E-state index in [0.29, 0.717) is 25.9 Å². The van der Waals surface area contributed by atoms with Crippen molar-refractivity contribution >= 4 is 30.0 Å². The molecule has 4 amide bonds. The number of likely N-dealkylation sites (tertiary alicyclic amines) is 1. The molecule has 8 heteroatoms. The van der Waals surface area contributed by atoms with Gasteiger partial charge in [0.1, 0.15) is 11.6 Å². The normalized spacial score (nSPS) is 21.1. The average molecular weight is 327 g/mol. The second kappa shape index (κ2) is 6.60. The number of rotatable bonds is 1. The molecule has 1 N–H and O–H groups in total. The lowest BCUT2D eigenvalue weighted by Gasteiger charge is -2.28. The summed E-state index contributed by atoms with van der Waals surface area (Å²) in [6, 6.07) is -1.12. The minimum atomic E-state index is -0.653. The molecule has 0 saturated carbocycles. The maximum absolute atomic E-state index is 12.3. The molecule has 7 nitrogen and oxygen atoms in total. The maximum atomic E-state index is 12.3. The van der Waals surface area contributed by atoms with E-state index in [1.54, 1.807) is 26.2 Å². The molecule has 0 unspecified atom stereocenters. The Morgan fingerprint density at radius 3 is 2.64 bits per heavy atom. The fourth-order valence-electron chi connectivity index (χ4n) is 2.26. The van der Waals surface area contributed by atoms with Gasteiger partial charge >= 0.3 is 12.1 Å². The van der Waals surface area contributed by atoms with Crippen LogP contribution in [0.1, 0.15) is 33.6 Å². The predicted molar refractivity (Wildman–Crippen MR) is 82.9 cm³/mol.